The zero-order chi connectivity index (χ0) is 17.0. The Kier molecular flexibility index (Phi) is 10.4. The van der Waals surface area contributed by atoms with Crippen molar-refractivity contribution >= 4 is 0 Å². The summed E-state index contributed by atoms with van der Waals surface area (Å²) in [6.45, 7) is 2.63. The van der Waals surface area contributed by atoms with Crippen LogP contribution in [0.2, 0.25) is 0 Å². The molecule has 2 nitrogen and oxygen atoms in total. The number of hydrogen-bond acceptors (Lipinski definition) is 2. The van der Waals surface area contributed by atoms with Gasteiger partial charge < -0.3 is 9.80 Å². The van der Waals surface area contributed by atoms with E-state index in [1.54, 1.807) is 0 Å². The number of nitrogens with zero attached hydrogens (tertiary/aromatic N) is 2. The highest BCUT2D eigenvalue weighted by molar-refractivity contribution is 4.85. The van der Waals surface area contributed by atoms with Crippen LogP contribution >= 0.6 is 0 Å². The molecule has 2 heteroatoms. The van der Waals surface area contributed by atoms with E-state index >= 15 is 0 Å². The van der Waals surface area contributed by atoms with Crippen LogP contribution < -0.4 is 0 Å². The van der Waals surface area contributed by atoms with Gasteiger partial charge in [0, 0.05) is 12.1 Å². The average molecular weight is 337 g/mol. The maximum atomic E-state index is 2.74. The molecule has 2 aliphatic rings. The molecule has 0 amide bonds. The molecule has 0 bridgehead atoms. The fraction of sp³-hybridized carbons (Fsp3) is 1.00. The lowest BCUT2D eigenvalue weighted by molar-refractivity contribution is 0.0906. The van der Waals surface area contributed by atoms with E-state index in [-0.39, 0.29) is 0 Å². The predicted octanol–water partition coefficient (Wildman–Crippen LogP) is 5.86. The van der Waals surface area contributed by atoms with Gasteiger partial charge in [-0.3, -0.25) is 0 Å². The molecule has 142 valence electrons. The van der Waals surface area contributed by atoms with Crippen molar-refractivity contribution in [3.05, 3.63) is 0 Å². The van der Waals surface area contributed by atoms with Gasteiger partial charge in [-0.05, 0) is 52.9 Å². The molecule has 2 aliphatic heterocycles. The number of likely N-dealkylation sites (N-methyl/N-ethyl adjacent to an activating group) is 2. The molecule has 0 aromatic heterocycles. The van der Waals surface area contributed by atoms with Gasteiger partial charge in [0.05, 0.1) is 0 Å². The van der Waals surface area contributed by atoms with Gasteiger partial charge in [-0.25, -0.2) is 0 Å². The molecule has 0 aromatic rings. The van der Waals surface area contributed by atoms with Crippen molar-refractivity contribution in [3.63, 3.8) is 0 Å². The SMILES string of the molecule is CN1CCCCCCCCCCC1C1CCCCCCCCN1C. The highest BCUT2D eigenvalue weighted by Gasteiger charge is 2.28. The molecule has 2 heterocycles. The molecular formula is C22H44N2. The monoisotopic (exact) mass is 336 g/mol. The van der Waals surface area contributed by atoms with Crippen LogP contribution in [0.3, 0.4) is 0 Å². The molecule has 0 saturated carbocycles. The van der Waals surface area contributed by atoms with Crippen molar-refractivity contribution in [2.45, 2.75) is 115 Å². The Morgan fingerprint density at radius 1 is 0.417 bits per heavy atom. The third kappa shape index (κ3) is 7.44. The van der Waals surface area contributed by atoms with Gasteiger partial charge in [-0.1, -0.05) is 77.0 Å². The summed E-state index contributed by atoms with van der Waals surface area (Å²) in [5, 5.41) is 0. The minimum absolute atomic E-state index is 0.786. The summed E-state index contributed by atoms with van der Waals surface area (Å²) in [6.07, 6.45) is 23.2. The topological polar surface area (TPSA) is 6.48 Å². The molecule has 0 radical (unpaired) electrons. The van der Waals surface area contributed by atoms with Gasteiger partial charge >= 0.3 is 0 Å². The van der Waals surface area contributed by atoms with Crippen LogP contribution in [-0.4, -0.2) is 49.1 Å². The summed E-state index contributed by atoms with van der Waals surface area (Å²) in [7, 11) is 4.83. The first-order valence-corrected chi connectivity index (χ1v) is 11.2. The van der Waals surface area contributed by atoms with Crippen molar-refractivity contribution in [2.24, 2.45) is 0 Å². The molecular weight excluding hydrogens is 292 g/mol. The van der Waals surface area contributed by atoms with Gasteiger partial charge in [0.1, 0.15) is 0 Å². The summed E-state index contributed by atoms with van der Waals surface area (Å²) in [4.78, 5) is 5.48. The van der Waals surface area contributed by atoms with E-state index in [2.05, 4.69) is 23.9 Å². The highest BCUT2D eigenvalue weighted by Crippen LogP contribution is 2.24. The second-order valence-corrected chi connectivity index (χ2v) is 8.62. The fourth-order valence-electron chi connectivity index (χ4n) is 4.94. The second kappa shape index (κ2) is 12.3. The molecule has 0 spiro atoms. The van der Waals surface area contributed by atoms with Gasteiger partial charge in [0.2, 0.25) is 0 Å². The summed E-state index contributed by atoms with van der Waals surface area (Å²) >= 11 is 0. The number of hydrogen-bond donors (Lipinski definition) is 0. The maximum absolute atomic E-state index is 2.74. The molecule has 0 aromatic carbocycles. The van der Waals surface area contributed by atoms with Crippen molar-refractivity contribution in [1.82, 2.24) is 9.80 Å². The Morgan fingerprint density at radius 2 is 0.708 bits per heavy atom. The average Bonchev–Trinajstić information content (AvgIpc) is 2.58. The Morgan fingerprint density at radius 3 is 1.08 bits per heavy atom. The molecule has 24 heavy (non-hydrogen) atoms. The first-order chi connectivity index (χ1) is 11.8. The van der Waals surface area contributed by atoms with Crippen LogP contribution in [0.25, 0.3) is 0 Å². The van der Waals surface area contributed by atoms with Gasteiger partial charge in [0.15, 0.2) is 0 Å². The second-order valence-electron chi connectivity index (χ2n) is 8.62. The Hall–Kier alpha value is -0.0800. The van der Waals surface area contributed by atoms with Crippen LogP contribution in [0.15, 0.2) is 0 Å². The van der Waals surface area contributed by atoms with Gasteiger partial charge in [-0.15, -0.1) is 0 Å². The molecule has 2 unspecified atom stereocenters. The Labute approximate surface area is 152 Å². The van der Waals surface area contributed by atoms with Crippen LogP contribution in [0.4, 0.5) is 0 Å². The summed E-state index contributed by atoms with van der Waals surface area (Å²) < 4.78 is 0. The van der Waals surface area contributed by atoms with Gasteiger partial charge in [-0.2, -0.15) is 0 Å². The molecule has 2 rings (SSSR count). The van der Waals surface area contributed by atoms with Crippen LogP contribution in [0.5, 0.6) is 0 Å². The lowest BCUT2D eigenvalue weighted by atomic mass is 9.91. The third-order valence-electron chi connectivity index (χ3n) is 6.60. The fourth-order valence-corrected chi connectivity index (χ4v) is 4.94. The predicted molar refractivity (Wildman–Crippen MR) is 107 cm³/mol. The van der Waals surface area contributed by atoms with Gasteiger partial charge in [0.25, 0.3) is 0 Å². The molecule has 0 N–H and O–H groups in total. The standard InChI is InChI=1S/C22H44N2/c1-23-19-15-11-7-4-3-5-9-13-17-21(23)22-18-14-10-6-8-12-16-20-24(22)2/h21-22H,3-20H2,1-2H3. The van der Waals surface area contributed by atoms with E-state index in [9.17, 15) is 0 Å². The van der Waals surface area contributed by atoms with Crippen molar-refractivity contribution in [3.8, 4) is 0 Å². The van der Waals surface area contributed by atoms with Crippen molar-refractivity contribution in [1.29, 1.82) is 0 Å². The molecule has 2 fully saturated rings. The first-order valence-electron chi connectivity index (χ1n) is 11.2. The Bertz CT molecular complexity index is 304. The summed E-state index contributed by atoms with van der Waals surface area (Å²) in [5.41, 5.74) is 0. The lowest BCUT2D eigenvalue weighted by Crippen LogP contribution is -2.50. The van der Waals surface area contributed by atoms with E-state index in [1.807, 2.05) is 0 Å². The van der Waals surface area contributed by atoms with E-state index < -0.39 is 0 Å². The smallest absolute Gasteiger partial charge is 0.0248 e. The highest BCUT2D eigenvalue weighted by atomic mass is 15.2. The van der Waals surface area contributed by atoms with Crippen LogP contribution in [0, 0.1) is 0 Å². The summed E-state index contributed by atoms with van der Waals surface area (Å²) in [5.74, 6) is 0. The molecule has 2 atom stereocenters. The first kappa shape index (κ1) is 20.2. The van der Waals surface area contributed by atoms with Crippen LogP contribution in [0.1, 0.15) is 103 Å². The maximum Gasteiger partial charge on any atom is 0.0248 e. The minimum atomic E-state index is 0.786. The van der Waals surface area contributed by atoms with Crippen molar-refractivity contribution < 1.29 is 0 Å². The number of rotatable bonds is 1. The molecule has 2 saturated heterocycles. The quantitative estimate of drug-likeness (QED) is 0.592. The minimum Gasteiger partial charge on any atom is -0.302 e. The zero-order valence-electron chi connectivity index (χ0n) is 16.8. The van der Waals surface area contributed by atoms with Crippen LogP contribution in [-0.2, 0) is 0 Å². The Balaban J connectivity index is 1.98. The van der Waals surface area contributed by atoms with E-state index in [4.69, 9.17) is 0 Å². The normalized spacial score (nSPS) is 31.8. The zero-order valence-corrected chi connectivity index (χ0v) is 16.8. The molecule has 0 aliphatic carbocycles. The van der Waals surface area contributed by atoms with E-state index in [0.29, 0.717) is 0 Å². The van der Waals surface area contributed by atoms with Crippen molar-refractivity contribution in [2.75, 3.05) is 27.2 Å². The lowest BCUT2D eigenvalue weighted by Gasteiger charge is -2.40. The third-order valence-corrected chi connectivity index (χ3v) is 6.60. The van der Waals surface area contributed by atoms with E-state index in [1.165, 1.54) is 116 Å². The van der Waals surface area contributed by atoms with E-state index in [0.717, 1.165) is 12.1 Å². The summed E-state index contributed by atoms with van der Waals surface area (Å²) in [6, 6.07) is 1.57. The largest absolute Gasteiger partial charge is 0.302 e.